The molecule has 0 aliphatic heterocycles. The van der Waals surface area contributed by atoms with E-state index in [4.69, 9.17) is 0 Å². The van der Waals surface area contributed by atoms with Crippen molar-refractivity contribution >= 4 is 65.6 Å². The summed E-state index contributed by atoms with van der Waals surface area (Å²) in [7, 11) is 0. The molecule has 1 aromatic heterocycles. The average molecular weight is 845 g/mol. The van der Waals surface area contributed by atoms with Gasteiger partial charge >= 0.3 is 0 Å². The number of nitrogens with zero attached hydrogens (tertiary/aromatic N) is 2. The fourth-order valence-corrected chi connectivity index (χ4v) is 14.3. The van der Waals surface area contributed by atoms with Crippen molar-refractivity contribution in [3.8, 4) is 11.1 Å². The Labute approximate surface area is 381 Å². The molecule has 4 aliphatic rings. The van der Waals surface area contributed by atoms with Crippen LogP contribution in [0, 0.1) is 11.8 Å². The Bertz CT molecular complexity index is 3170. The van der Waals surface area contributed by atoms with Crippen LogP contribution >= 0.6 is 11.3 Å². The van der Waals surface area contributed by atoms with Crippen molar-refractivity contribution in [1.29, 1.82) is 0 Å². The molecule has 0 saturated heterocycles. The first-order chi connectivity index (χ1) is 31.7. The van der Waals surface area contributed by atoms with Gasteiger partial charge in [-0.25, -0.2) is 0 Å². The van der Waals surface area contributed by atoms with Crippen molar-refractivity contribution < 1.29 is 0 Å². The lowest BCUT2D eigenvalue weighted by Crippen LogP contribution is -2.34. The molecule has 2 saturated carbocycles. The van der Waals surface area contributed by atoms with E-state index in [0.29, 0.717) is 17.8 Å². The van der Waals surface area contributed by atoms with Gasteiger partial charge in [-0.3, -0.25) is 0 Å². The molecule has 64 heavy (non-hydrogen) atoms. The lowest BCUT2D eigenvalue weighted by atomic mass is 9.68. The number of fused-ring (bicyclic) bond motifs is 5. The van der Waals surface area contributed by atoms with E-state index in [2.05, 4.69) is 198 Å². The maximum Gasteiger partial charge on any atom is 0.0540 e. The first-order valence-corrected chi connectivity index (χ1v) is 24.6. The molecular formula is C61H52N2S. The first kappa shape index (κ1) is 38.1. The Morgan fingerprint density at radius 2 is 1.00 bits per heavy atom. The molecule has 1 spiro atoms. The van der Waals surface area contributed by atoms with E-state index in [1.54, 1.807) is 11.1 Å². The minimum atomic E-state index is -0.129. The normalized spacial score (nSPS) is 19.9. The molecule has 3 atom stereocenters. The molecule has 3 heteroatoms. The second-order valence-corrected chi connectivity index (χ2v) is 20.0. The molecule has 2 fully saturated rings. The monoisotopic (exact) mass is 844 g/mol. The summed E-state index contributed by atoms with van der Waals surface area (Å²) in [6.07, 6.45) is 11.4. The van der Waals surface area contributed by atoms with Crippen LogP contribution in [0.4, 0.5) is 34.1 Å². The van der Waals surface area contributed by atoms with Crippen molar-refractivity contribution in [2.75, 3.05) is 9.80 Å². The molecule has 0 bridgehead atoms. The number of hydrogen-bond donors (Lipinski definition) is 0. The lowest BCUT2D eigenvalue weighted by Gasteiger charge is -2.40. The average Bonchev–Trinajstić information content (AvgIpc) is 4.10. The van der Waals surface area contributed by atoms with E-state index in [1.165, 1.54) is 127 Å². The molecule has 4 aliphatic carbocycles. The van der Waals surface area contributed by atoms with Crippen LogP contribution in [0.5, 0.6) is 0 Å². The van der Waals surface area contributed by atoms with Crippen LogP contribution in [0.2, 0.25) is 0 Å². The molecule has 0 radical (unpaired) electrons. The largest absolute Gasteiger partial charge is 0.310 e. The zero-order chi connectivity index (χ0) is 42.2. The second-order valence-electron chi connectivity index (χ2n) is 19.0. The third kappa shape index (κ3) is 5.90. The standard InChI is InChI=1S/C61H52N2S/c1-4-16-41(17-5-1)42-30-32-43(33-31-42)51-24-10-12-26-54(51)63(49-22-8-3-9-23-49)56-28-15-19-45-39-47-35-34-46-38-44-18-14-27-55(59(44)61(46,47)60(45)56)62(48-20-6-2-7-21-48)50-36-37-53-52-25-11-13-29-57(52)64-58(53)40-50/h2-3,6-15,18-33,36-37,40-41,46-47H,1,4-5,16-17,34-35,38-39H2. The van der Waals surface area contributed by atoms with Crippen molar-refractivity contribution in [3.63, 3.8) is 0 Å². The van der Waals surface area contributed by atoms with Crippen molar-refractivity contribution in [2.24, 2.45) is 11.8 Å². The Kier molecular flexibility index (Phi) is 9.15. The molecule has 312 valence electrons. The molecule has 1 heterocycles. The van der Waals surface area contributed by atoms with Gasteiger partial charge in [0.1, 0.15) is 0 Å². The van der Waals surface area contributed by atoms with Gasteiger partial charge in [-0.2, -0.15) is 0 Å². The van der Waals surface area contributed by atoms with E-state index in [1.807, 2.05) is 11.3 Å². The summed E-state index contributed by atoms with van der Waals surface area (Å²) in [5.41, 5.74) is 17.6. The van der Waals surface area contributed by atoms with Gasteiger partial charge in [0, 0.05) is 48.2 Å². The predicted octanol–water partition coefficient (Wildman–Crippen LogP) is 17.1. The van der Waals surface area contributed by atoms with E-state index in [0.717, 1.165) is 12.8 Å². The van der Waals surface area contributed by atoms with Crippen molar-refractivity contribution in [1.82, 2.24) is 0 Å². The van der Waals surface area contributed by atoms with Gasteiger partial charge in [0.2, 0.25) is 0 Å². The van der Waals surface area contributed by atoms with Crippen LogP contribution in [0.15, 0.2) is 188 Å². The molecule has 3 unspecified atom stereocenters. The van der Waals surface area contributed by atoms with Crippen molar-refractivity contribution in [2.45, 2.75) is 69.1 Å². The van der Waals surface area contributed by atoms with Gasteiger partial charge in [-0.1, -0.05) is 147 Å². The smallest absolute Gasteiger partial charge is 0.0540 e. The summed E-state index contributed by atoms with van der Waals surface area (Å²) in [5.74, 6) is 1.74. The Balaban J connectivity index is 1.01. The highest BCUT2D eigenvalue weighted by molar-refractivity contribution is 7.25. The molecule has 9 aromatic rings. The zero-order valence-corrected chi connectivity index (χ0v) is 37.1. The highest BCUT2D eigenvalue weighted by atomic mass is 32.1. The van der Waals surface area contributed by atoms with E-state index >= 15 is 0 Å². The maximum atomic E-state index is 2.63. The molecule has 8 aromatic carbocycles. The topological polar surface area (TPSA) is 6.48 Å². The number of anilines is 6. The van der Waals surface area contributed by atoms with Gasteiger partial charge in [-0.05, 0) is 150 Å². The van der Waals surface area contributed by atoms with Crippen molar-refractivity contribution in [3.05, 3.63) is 216 Å². The van der Waals surface area contributed by atoms with Gasteiger partial charge in [0.15, 0.2) is 0 Å². The van der Waals surface area contributed by atoms with Gasteiger partial charge in [0.25, 0.3) is 0 Å². The number of para-hydroxylation sites is 3. The van der Waals surface area contributed by atoms with Crippen LogP contribution in [-0.2, 0) is 18.3 Å². The Morgan fingerprint density at radius 3 is 1.70 bits per heavy atom. The van der Waals surface area contributed by atoms with Gasteiger partial charge in [0.05, 0.1) is 17.1 Å². The third-order valence-corrected chi connectivity index (χ3v) is 16.9. The van der Waals surface area contributed by atoms with Gasteiger partial charge in [-0.15, -0.1) is 11.3 Å². The highest BCUT2D eigenvalue weighted by Crippen LogP contribution is 2.69. The fourth-order valence-electron chi connectivity index (χ4n) is 13.2. The lowest BCUT2D eigenvalue weighted by molar-refractivity contribution is 0.350. The molecule has 2 nitrogen and oxygen atoms in total. The quantitative estimate of drug-likeness (QED) is 0.150. The van der Waals surface area contributed by atoms with Crippen LogP contribution in [0.25, 0.3) is 31.3 Å². The second kappa shape index (κ2) is 15.4. The summed E-state index contributed by atoms with van der Waals surface area (Å²) >= 11 is 1.90. The fraction of sp³-hybridized carbons (Fsp3) is 0.213. The molecule has 0 amide bonds. The highest BCUT2D eigenvalue weighted by Gasteiger charge is 2.62. The first-order valence-electron chi connectivity index (χ1n) is 23.8. The summed E-state index contributed by atoms with van der Waals surface area (Å²) in [6.45, 7) is 0. The minimum absolute atomic E-state index is 0.129. The summed E-state index contributed by atoms with van der Waals surface area (Å²) in [4.78, 5) is 5.22. The predicted molar refractivity (Wildman–Crippen MR) is 271 cm³/mol. The Morgan fingerprint density at radius 1 is 0.422 bits per heavy atom. The maximum absolute atomic E-state index is 2.63. The summed E-state index contributed by atoms with van der Waals surface area (Å²) < 4.78 is 2.67. The van der Waals surface area contributed by atoms with Crippen LogP contribution in [0.1, 0.15) is 78.7 Å². The SMILES string of the molecule is c1ccc(N(c2ccc3c(c2)sc2ccccc23)c2cccc3c2C24c5c(cccc5N(c5ccccc5)c5ccccc5-c5ccc(C6CCCCC6)cc5)CC2CCC4C3)cc1. The molecule has 0 N–H and O–H groups in total. The number of benzene rings is 8. The number of hydrogen-bond acceptors (Lipinski definition) is 3. The molecular weight excluding hydrogens is 793 g/mol. The van der Waals surface area contributed by atoms with Crippen LogP contribution in [0.3, 0.4) is 0 Å². The summed E-state index contributed by atoms with van der Waals surface area (Å²) in [5, 5.41) is 2.67. The third-order valence-electron chi connectivity index (χ3n) is 15.7. The Hall–Kier alpha value is -6.42. The number of thiophene rings is 1. The number of rotatable bonds is 8. The minimum Gasteiger partial charge on any atom is -0.310 e. The van der Waals surface area contributed by atoms with E-state index < -0.39 is 0 Å². The van der Waals surface area contributed by atoms with E-state index in [-0.39, 0.29) is 5.41 Å². The summed E-state index contributed by atoms with van der Waals surface area (Å²) in [6, 6.07) is 71.7. The zero-order valence-electron chi connectivity index (χ0n) is 36.3. The van der Waals surface area contributed by atoms with Crippen LogP contribution < -0.4 is 9.80 Å². The van der Waals surface area contributed by atoms with Gasteiger partial charge < -0.3 is 9.80 Å². The van der Waals surface area contributed by atoms with Crippen LogP contribution in [-0.4, -0.2) is 0 Å². The van der Waals surface area contributed by atoms with E-state index in [9.17, 15) is 0 Å². The molecule has 13 rings (SSSR count).